The Kier molecular flexibility index (Phi) is 7.20. The molecule has 0 unspecified atom stereocenters. The van der Waals surface area contributed by atoms with Crippen molar-refractivity contribution in [1.82, 2.24) is 0 Å². The molecule has 3 aromatic rings. The molecule has 1 aliphatic heterocycles. The van der Waals surface area contributed by atoms with Crippen LogP contribution in [-0.4, -0.2) is 11.8 Å². The Morgan fingerprint density at radius 1 is 0.829 bits per heavy atom. The van der Waals surface area contributed by atoms with Crippen molar-refractivity contribution in [3.05, 3.63) is 100 Å². The molecular weight excluding hydrogens is 432 g/mol. The molecule has 0 fully saturated rings. The topological polar surface area (TPSA) is 49.4 Å². The van der Waals surface area contributed by atoms with Crippen LogP contribution in [0, 0.1) is 13.8 Å². The Hall–Kier alpha value is -3.66. The second-order valence-corrected chi connectivity index (χ2v) is 9.67. The van der Waals surface area contributed by atoms with Gasteiger partial charge in [0, 0.05) is 5.69 Å². The lowest BCUT2D eigenvalue weighted by Crippen LogP contribution is -2.32. The van der Waals surface area contributed by atoms with Gasteiger partial charge in [0.15, 0.2) is 0 Å². The molecule has 0 aliphatic carbocycles. The van der Waals surface area contributed by atoms with Crippen molar-refractivity contribution in [3.63, 3.8) is 0 Å². The molecule has 0 saturated carbocycles. The number of anilines is 2. The van der Waals surface area contributed by atoms with Crippen molar-refractivity contribution >= 4 is 28.8 Å². The van der Waals surface area contributed by atoms with E-state index >= 15 is 0 Å². The summed E-state index contributed by atoms with van der Waals surface area (Å²) in [7, 11) is 0. The lowest BCUT2D eigenvalue weighted by atomic mass is 9.99. The van der Waals surface area contributed by atoms with Crippen LogP contribution in [0.1, 0.15) is 67.3 Å². The summed E-state index contributed by atoms with van der Waals surface area (Å²) in [5, 5.41) is 3.28. The molecule has 0 atom stereocenters. The molecule has 0 spiro atoms. The van der Waals surface area contributed by atoms with E-state index in [1.54, 1.807) is 0 Å². The number of hydrogen-bond acceptors (Lipinski definition) is 3. The predicted octanol–water partition coefficient (Wildman–Crippen LogP) is 7.17. The van der Waals surface area contributed by atoms with Gasteiger partial charge in [-0.15, -0.1) is 0 Å². The minimum Gasteiger partial charge on any atom is -0.350 e. The minimum atomic E-state index is -0.336. The highest BCUT2D eigenvalue weighted by Crippen LogP contribution is 2.35. The van der Waals surface area contributed by atoms with Gasteiger partial charge in [-0.25, -0.2) is 4.90 Å². The van der Waals surface area contributed by atoms with Crippen LogP contribution in [0.3, 0.4) is 0 Å². The Bertz CT molecular complexity index is 1270. The molecule has 0 radical (unpaired) electrons. The number of carbonyl (C=O) groups excluding carboxylic acids is 2. The molecule has 1 aliphatic rings. The second-order valence-electron chi connectivity index (χ2n) is 9.67. The smallest absolute Gasteiger partial charge is 0.282 e. The number of rotatable bonds is 8. The summed E-state index contributed by atoms with van der Waals surface area (Å²) < 4.78 is 0. The van der Waals surface area contributed by atoms with Crippen LogP contribution >= 0.6 is 0 Å². The number of hydrogen-bond donors (Lipinski definition) is 1. The first-order valence-corrected chi connectivity index (χ1v) is 12.5. The normalized spacial score (nSPS) is 13.8. The molecule has 1 heterocycles. The minimum absolute atomic E-state index is 0.305. The first kappa shape index (κ1) is 24.5. The van der Waals surface area contributed by atoms with Crippen molar-refractivity contribution in [2.45, 2.75) is 59.8 Å². The summed E-state index contributed by atoms with van der Waals surface area (Å²) in [4.78, 5) is 28.7. The van der Waals surface area contributed by atoms with Crippen molar-refractivity contribution < 1.29 is 9.59 Å². The number of amides is 2. The molecule has 2 amide bonds. The second kappa shape index (κ2) is 10.3. The van der Waals surface area contributed by atoms with E-state index in [2.05, 4.69) is 38.2 Å². The summed E-state index contributed by atoms with van der Waals surface area (Å²) in [6, 6.07) is 21.7. The van der Waals surface area contributed by atoms with Crippen LogP contribution in [0.4, 0.5) is 11.4 Å². The van der Waals surface area contributed by atoms with Crippen LogP contribution in [0.15, 0.2) is 72.4 Å². The fourth-order valence-corrected chi connectivity index (χ4v) is 4.33. The van der Waals surface area contributed by atoms with Crippen molar-refractivity contribution in [2.75, 3.05) is 10.2 Å². The summed E-state index contributed by atoms with van der Waals surface area (Å²) in [6.45, 7) is 10.5. The average molecular weight is 467 g/mol. The van der Waals surface area contributed by atoms with Crippen LogP contribution < -0.4 is 10.2 Å². The molecule has 0 bridgehead atoms. The quantitative estimate of drug-likeness (QED) is 0.358. The third kappa shape index (κ3) is 5.07. The van der Waals surface area contributed by atoms with Crippen LogP contribution in [0.5, 0.6) is 0 Å². The van der Waals surface area contributed by atoms with E-state index in [1.165, 1.54) is 16.0 Å². The van der Waals surface area contributed by atoms with E-state index in [0.717, 1.165) is 41.6 Å². The zero-order valence-corrected chi connectivity index (χ0v) is 21.3. The first-order valence-electron chi connectivity index (χ1n) is 12.5. The maximum Gasteiger partial charge on any atom is 0.282 e. The van der Waals surface area contributed by atoms with Gasteiger partial charge in [0.2, 0.25) is 0 Å². The fraction of sp³-hybridized carbons (Fsp3) is 0.290. The number of nitrogens with zero attached hydrogens (tertiary/aromatic N) is 1. The molecular formula is C31H34N2O2. The number of carbonyl (C=O) groups is 2. The maximum absolute atomic E-state index is 13.7. The monoisotopic (exact) mass is 466 g/mol. The number of benzene rings is 3. The standard InChI is InChI=1S/C31H34N2O2/c1-6-7-8-23-10-17-27(18-11-23)33-30(34)28(25-12-9-21(4)22(5)19-25)29(31(33)35)32-26-15-13-24(14-16-26)20(2)3/h9-20,32H,6-8H2,1-5H3. The van der Waals surface area contributed by atoms with E-state index in [9.17, 15) is 9.59 Å². The van der Waals surface area contributed by atoms with E-state index in [1.807, 2.05) is 68.4 Å². The van der Waals surface area contributed by atoms with Crippen LogP contribution in [0.25, 0.3) is 5.57 Å². The largest absolute Gasteiger partial charge is 0.350 e. The zero-order chi connectivity index (χ0) is 25.1. The van der Waals surface area contributed by atoms with Gasteiger partial charge in [0.1, 0.15) is 5.70 Å². The summed E-state index contributed by atoms with van der Waals surface area (Å²) in [6.07, 6.45) is 3.23. The van der Waals surface area contributed by atoms with Crippen molar-refractivity contribution in [3.8, 4) is 0 Å². The van der Waals surface area contributed by atoms with Gasteiger partial charge < -0.3 is 5.32 Å². The summed E-state index contributed by atoms with van der Waals surface area (Å²) in [5.41, 5.74) is 7.48. The SMILES string of the molecule is CCCCc1ccc(N2C(=O)C(Nc3ccc(C(C)C)cc3)=C(c3ccc(C)c(C)c3)C2=O)cc1. The van der Waals surface area contributed by atoms with Gasteiger partial charge in [-0.2, -0.15) is 0 Å². The van der Waals surface area contributed by atoms with E-state index in [-0.39, 0.29) is 11.8 Å². The van der Waals surface area contributed by atoms with Gasteiger partial charge in [-0.3, -0.25) is 9.59 Å². The molecule has 3 aromatic carbocycles. The Morgan fingerprint density at radius 3 is 2.11 bits per heavy atom. The van der Waals surface area contributed by atoms with Crippen LogP contribution in [-0.2, 0) is 16.0 Å². The average Bonchev–Trinajstić information content (AvgIpc) is 3.09. The lowest BCUT2D eigenvalue weighted by molar-refractivity contribution is -0.120. The highest BCUT2D eigenvalue weighted by Gasteiger charge is 2.40. The van der Waals surface area contributed by atoms with Gasteiger partial charge in [-0.05, 0) is 84.7 Å². The molecule has 4 rings (SSSR count). The molecule has 4 nitrogen and oxygen atoms in total. The highest BCUT2D eigenvalue weighted by molar-refractivity contribution is 6.46. The maximum atomic E-state index is 13.7. The van der Waals surface area contributed by atoms with Crippen LogP contribution in [0.2, 0.25) is 0 Å². The van der Waals surface area contributed by atoms with E-state index in [0.29, 0.717) is 22.9 Å². The predicted molar refractivity (Wildman–Crippen MR) is 145 cm³/mol. The number of nitrogens with one attached hydrogen (secondary N) is 1. The van der Waals surface area contributed by atoms with Gasteiger partial charge in [-0.1, -0.05) is 69.7 Å². The highest BCUT2D eigenvalue weighted by atomic mass is 16.2. The summed E-state index contributed by atoms with van der Waals surface area (Å²) >= 11 is 0. The molecule has 1 N–H and O–H groups in total. The van der Waals surface area contributed by atoms with Gasteiger partial charge in [0.25, 0.3) is 11.8 Å². The third-order valence-electron chi connectivity index (χ3n) is 6.74. The lowest BCUT2D eigenvalue weighted by Gasteiger charge is -2.16. The number of imide groups is 1. The van der Waals surface area contributed by atoms with Crippen molar-refractivity contribution in [1.29, 1.82) is 0 Å². The molecule has 0 aromatic heterocycles. The molecule has 35 heavy (non-hydrogen) atoms. The Balaban J connectivity index is 1.73. The summed E-state index contributed by atoms with van der Waals surface area (Å²) in [5.74, 6) is -0.224. The number of aryl methyl sites for hydroxylation is 3. The fourth-order valence-electron chi connectivity index (χ4n) is 4.33. The van der Waals surface area contributed by atoms with Crippen molar-refractivity contribution in [2.24, 2.45) is 0 Å². The Morgan fingerprint density at radius 2 is 1.51 bits per heavy atom. The molecule has 4 heteroatoms. The molecule has 180 valence electrons. The molecule has 0 saturated heterocycles. The van der Waals surface area contributed by atoms with E-state index in [4.69, 9.17) is 0 Å². The third-order valence-corrected chi connectivity index (χ3v) is 6.74. The van der Waals surface area contributed by atoms with E-state index < -0.39 is 0 Å². The number of unbranched alkanes of at least 4 members (excludes halogenated alkanes) is 1. The first-order chi connectivity index (χ1) is 16.8. The Labute approximate surface area is 208 Å². The van der Waals surface area contributed by atoms with Gasteiger partial charge >= 0.3 is 0 Å². The van der Waals surface area contributed by atoms with Gasteiger partial charge in [0.05, 0.1) is 11.3 Å². The zero-order valence-electron chi connectivity index (χ0n) is 21.3.